The lowest BCUT2D eigenvalue weighted by Crippen LogP contribution is -2.14. The fraction of sp³-hybridized carbons (Fsp3) is 0.583. The first kappa shape index (κ1) is 14.6. The minimum Gasteiger partial charge on any atom is -0.339 e. The van der Waals surface area contributed by atoms with Crippen LogP contribution in [0.4, 0.5) is 5.13 Å². The molecule has 2 heterocycles. The summed E-state index contributed by atoms with van der Waals surface area (Å²) in [5.74, 6) is 0.975. The first-order valence-electron chi connectivity index (χ1n) is 6.27. The summed E-state index contributed by atoms with van der Waals surface area (Å²) in [5.41, 5.74) is -0.159. The van der Waals surface area contributed by atoms with Gasteiger partial charge in [-0.15, -0.1) is 10.2 Å². The zero-order valence-electron chi connectivity index (χ0n) is 11.9. The van der Waals surface area contributed by atoms with E-state index in [0.717, 1.165) is 5.01 Å². The maximum atomic E-state index is 11.7. The van der Waals surface area contributed by atoms with Crippen LogP contribution >= 0.6 is 11.3 Å². The summed E-state index contributed by atoms with van der Waals surface area (Å²) >= 11 is 1.34. The van der Waals surface area contributed by atoms with Gasteiger partial charge in [0.2, 0.25) is 16.9 Å². The van der Waals surface area contributed by atoms with Crippen LogP contribution in [0.3, 0.4) is 0 Å². The van der Waals surface area contributed by atoms with E-state index in [1.54, 1.807) is 0 Å². The van der Waals surface area contributed by atoms with Crippen molar-refractivity contribution in [2.45, 2.75) is 46.0 Å². The number of aryl methyl sites for hydroxylation is 2. The van der Waals surface area contributed by atoms with Gasteiger partial charge in [0.05, 0.1) is 0 Å². The van der Waals surface area contributed by atoms with Crippen LogP contribution in [-0.2, 0) is 16.6 Å². The van der Waals surface area contributed by atoms with Crippen molar-refractivity contribution >= 4 is 22.4 Å². The molecule has 1 amide bonds. The first-order valence-corrected chi connectivity index (χ1v) is 7.09. The van der Waals surface area contributed by atoms with E-state index in [-0.39, 0.29) is 17.7 Å². The molecule has 0 aliphatic heterocycles. The molecule has 0 radical (unpaired) electrons. The average Bonchev–Trinajstić information content (AvgIpc) is 2.95. The number of rotatable bonds is 4. The topological polar surface area (TPSA) is 93.8 Å². The highest BCUT2D eigenvalue weighted by molar-refractivity contribution is 7.15. The second-order valence-electron chi connectivity index (χ2n) is 5.44. The summed E-state index contributed by atoms with van der Waals surface area (Å²) in [5, 5.41) is 15.6. The molecule has 0 saturated heterocycles. The fourth-order valence-corrected chi connectivity index (χ4v) is 2.02. The van der Waals surface area contributed by atoms with E-state index in [9.17, 15) is 4.79 Å². The molecule has 2 aromatic heterocycles. The van der Waals surface area contributed by atoms with Gasteiger partial charge in [0, 0.05) is 18.3 Å². The number of nitrogens with one attached hydrogen (secondary N) is 1. The van der Waals surface area contributed by atoms with Crippen LogP contribution in [0, 0.1) is 6.92 Å². The van der Waals surface area contributed by atoms with Gasteiger partial charge in [-0.2, -0.15) is 4.98 Å². The van der Waals surface area contributed by atoms with Crippen molar-refractivity contribution in [3.05, 3.63) is 16.7 Å². The number of nitrogens with zero attached hydrogens (tertiary/aromatic N) is 4. The summed E-state index contributed by atoms with van der Waals surface area (Å²) in [4.78, 5) is 16.0. The Morgan fingerprint density at radius 2 is 2.10 bits per heavy atom. The number of anilines is 1. The summed E-state index contributed by atoms with van der Waals surface area (Å²) in [6, 6.07) is 0. The fourth-order valence-electron chi connectivity index (χ4n) is 1.41. The highest BCUT2D eigenvalue weighted by atomic mass is 32.1. The second kappa shape index (κ2) is 5.66. The van der Waals surface area contributed by atoms with Crippen LogP contribution in [0.1, 0.15) is 43.9 Å². The number of carbonyl (C=O) groups is 1. The molecule has 0 unspecified atom stereocenters. The second-order valence-corrected chi connectivity index (χ2v) is 6.62. The van der Waals surface area contributed by atoms with E-state index in [4.69, 9.17) is 4.52 Å². The third-order valence-electron chi connectivity index (χ3n) is 2.48. The van der Waals surface area contributed by atoms with E-state index in [2.05, 4.69) is 25.7 Å². The number of aromatic nitrogens is 4. The minimum atomic E-state index is -0.159. The quantitative estimate of drug-likeness (QED) is 0.928. The minimum absolute atomic E-state index is 0.142. The monoisotopic (exact) mass is 295 g/mol. The molecular formula is C12H17N5O2S. The van der Waals surface area contributed by atoms with Gasteiger partial charge in [0.25, 0.3) is 0 Å². The molecule has 0 fully saturated rings. The molecule has 0 aliphatic rings. The smallest absolute Gasteiger partial charge is 0.227 e. The molecule has 0 saturated carbocycles. The molecule has 8 heteroatoms. The SMILES string of the molecule is Cc1nnc(NC(=O)CCc2nc(C(C)(C)C)no2)s1. The Morgan fingerprint density at radius 3 is 2.65 bits per heavy atom. The van der Waals surface area contributed by atoms with Gasteiger partial charge in [-0.3, -0.25) is 4.79 Å². The van der Waals surface area contributed by atoms with Crippen LogP contribution in [0.2, 0.25) is 0 Å². The Bertz CT molecular complexity index is 599. The maximum absolute atomic E-state index is 11.7. The van der Waals surface area contributed by atoms with E-state index >= 15 is 0 Å². The van der Waals surface area contributed by atoms with Gasteiger partial charge in [0.1, 0.15) is 5.01 Å². The summed E-state index contributed by atoms with van der Waals surface area (Å²) in [6.45, 7) is 7.85. The van der Waals surface area contributed by atoms with Crippen molar-refractivity contribution in [2.75, 3.05) is 5.32 Å². The Balaban J connectivity index is 1.86. The lowest BCUT2D eigenvalue weighted by molar-refractivity contribution is -0.116. The van der Waals surface area contributed by atoms with E-state index in [1.165, 1.54) is 11.3 Å². The molecule has 0 aromatic carbocycles. The molecule has 2 rings (SSSR count). The lowest BCUT2D eigenvalue weighted by Gasteiger charge is -2.10. The molecule has 2 aromatic rings. The third-order valence-corrected chi connectivity index (χ3v) is 3.23. The van der Waals surface area contributed by atoms with Crippen molar-refractivity contribution in [3.8, 4) is 0 Å². The molecule has 108 valence electrons. The number of amides is 1. The molecule has 1 N–H and O–H groups in total. The molecular weight excluding hydrogens is 278 g/mol. The largest absolute Gasteiger partial charge is 0.339 e. The Labute approximate surface area is 120 Å². The molecule has 0 aliphatic carbocycles. The maximum Gasteiger partial charge on any atom is 0.227 e. The lowest BCUT2D eigenvalue weighted by atomic mass is 9.96. The van der Waals surface area contributed by atoms with Gasteiger partial charge in [-0.05, 0) is 6.92 Å². The van der Waals surface area contributed by atoms with Crippen molar-refractivity contribution in [1.29, 1.82) is 0 Å². The van der Waals surface area contributed by atoms with Crippen LogP contribution < -0.4 is 5.32 Å². The average molecular weight is 295 g/mol. The summed E-state index contributed by atoms with van der Waals surface area (Å²) in [7, 11) is 0. The zero-order valence-corrected chi connectivity index (χ0v) is 12.7. The summed E-state index contributed by atoms with van der Waals surface area (Å²) < 4.78 is 5.13. The van der Waals surface area contributed by atoms with Gasteiger partial charge in [0.15, 0.2) is 5.82 Å². The van der Waals surface area contributed by atoms with Crippen LogP contribution in [0.5, 0.6) is 0 Å². The molecule has 0 atom stereocenters. The predicted octanol–water partition coefficient (Wildman–Crippen LogP) is 2.10. The van der Waals surface area contributed by atoms with Crippen LogP contribution in [-0.4, -0.2) is 26.2 Å². The number of hydrogen-bond acceptors (Lipinski definition) is 7. The van der Waals surface area contributed by atoms with E-state index < -0.39 is 0 Å². The molecule has 0 spiro atoms. The van der Waals surface area contributed by atoms with Gasteiger partial charge < -0.3 is 9.84 Å². The molecule has 0 bridgehead atoms. The number of hydrogen-bond donors (Lipinski definition) is 1. The van der Waals surface area contributed by atoms with Crippen molar-refractivity contribution in [3.63, 3.8) is 0 Å². The van der Waals surface area contributed by atoms with E-state index in [1.807, 2.05) is 27.7 Å². The highest BCUT2D eigenvalue weighted by Gasteiger charge is 2.21. The van der Waals surface area contributed by atoms with Crippen LogP contribution in [0.25, 0.3) is 0 Å². The van der Waals surface area contributed by atoms with Crippen molar-refractivity contribution in [2.24, 2.45) is 0 Å². The van der Waals surface area contributed by atoms with E-state index in [0.29, 0.717) is 23.3 Å². The zero-order chi connectivity index (χ0) is 14.8. The molecule has 7 nitrogen and oxygen atoms in total. The van der Waals surface area contributed by atoms with Gasteiger partial charge >= 0.3 is 0 Å². The van der Waals surface area contributed by atoms with Crippen LogP contribution in [0.15, 0.2) is 4.52 Å². The van der Waals surface area contributed by atoms with Crippen molar-refractivity contribution in [1.82, 2.24) is 20.3 Å². The Morgan fingerprint density at radius 1 is 1.35 bits per heavy atom. The standard InChI is InChI=1S/C12H17N5O2S/c1-7-15-16-11(20-7)13-8(18)5-6-9-14-10(17-19-9)12(2,3)4/h5-6H2,1-4H3,(H,13,16,18). The normalized spacial score (nSPS) is 11.6. The van der Waals surface area contributed by atoms with Gasteiger partial charge in [-0.25, -0.2) is 0 Å². The molecule has 20 heavy (non-hydrogen) atoms. The number of carbonyl (C=O) groups excluding carboxylic acids is 1. The summed E-state index contributed by atoms with van der Waals surface area (Å²) in [6.07, 6.45) is 0.678. The Kier molecular flexibility index (Phi) is 4.12. The van der Waals surface area contributed by atoms with Crippen molar-refractivity contribution < 1.29 is 9.32 Å². The van der Waals surface area contributed by atoms with Gasteiger partial charge in [-0.1, -0.05) is 37.3 Å². The Hall–Kier alpha value is -1.83. The predicted molar refractivity (Wildman–Crippen MR) is 74.6 cm³/mol. The first-order chi connectivity index (χ1) is 9.34. The highest BCUT2D eigenvalue weighted by Crippen LogP contribution is 2.19. The third kappa shape index (κ3) is 3.83.